The van der Waals surface area contributed by atoms with Gasteiger partial charge in [0.15, 0.2) is 0 Å². The molecule has 0 heterocycles. The van der Waals surface area contributed by atoms with Crippen molar-refractivity contribution in [2.24, 2.45) is 11.8 Å². The maximum absolute atomic E-state index is 2.57. The molecule has 0 aliphatic heterocycles. The second kappa shape index (κ2) is 15.0. The number of aryl methyl sites for hydroxylation is 2. The molecule has 0 spiro atoms. The van der Waals surface area contributed by atoms with Crippen molar-refractivity contribution in [2.75, 3.05) is 0 Å². The van der Waals surface area contributed by atoms with Crippen LogP contribution in [0.3, 0.4) is 0 Å². The lowest BCUT2D eigenvalue weighted by Gasteiger charge is -2.31. The van der Waals surface area contributed by atoms with Crippen LogP contribution < -0.4 is 0 Å². The van der Waals surface area contributed by atoms with Gasteiger partial charge in [0, 0.05) is 11.8 Å². The van der Waals surface area contributed by atoms with Crippen LogP contribution in [0.1, 0.15) is 139 Å². The minimum Gasteiger partial charge on any atom is -0.0622 e. The predicted molar refractivity (Wildman–Crippen MR) is 305 cm³/mol. The van der Waals surface area contributed by atoms with E-state index in [0.717, 1.165) is 0 Å². The number of fused-ring (bicyclic) bond motifs is 9. The van der Waals surface area contributed by atoms with Crippen molar-refractivity contribution in [1.29, 1.82) is 0 Å². The van der Waals surface area contributed by atoms with Crippen molar-refractivity contribution < 1.29 is 0 Å². The Labute approximate surface area is 417 Å². The first-order chi connectivity index (χ1) is 33.1. The largest absolute Gasteiger partial charge is 0.0622 e. The smallest absolute Gasteiger partial charge is 0.0212 e. The summed E-state index contributed by atoms with van der Waals surface area (Å²) in [5.74, 6) is 0.416. The molecule has 0 bridgehead atoms. The van der Waals surface area contributed by atoms with E-state index in [1.54, 1.807) is 0 Å². The van der Waals surface area contributed by atoms with Crippen molar-refractivity contribution in [2.45, 2.75) is 119 Å². The van der Waals surface area contributed by atoms with E-state index in [1.807, 2.05) is 0 Å². The van der Waals surface area contributed by atoms with E-state index < -0.39 is 0 Å². The van der Waals surface area contributed by atoms with Crippen LogP contribution in [0.2, 0.25) is 0 Å². The van der Waals surface area contributed by atoms with Crippen molar-refractivity contribution in [3.63, 3.8) is 0 Å². The van der Waals surface area contributed by atoms with Crippen LogP contribution >= 0.6 is 0 Å². The molecule has 8 aromatic rings. The van der Waals surface area contributed by atoms with Crippen LogP contribution in [-0.2, 0) is 21.7 Å². The van der Waals surface area contributed by atoms with Crippen LogP contribution in [0, 0.1) is 25.7 Å². The number of hydrogen-bond donors (Lipinski definition) is 0. The first-order valence-corrected chi connectivity index (χ1v) is 25.9. The Morgan fingerprint density at radius 2 is 0.657 bits per heavy atom. The van der Waals surface area contributed by atoms with Crippen molar-refractivity contribution >= 4 is 54.6 Å². The lowest BCUT2D eigenvalue weighted by molar-refractivity contribution is 0.568. The summed E-state index contributed by atoms with van der Waals surface area (Å²) in [6.45, 7) is 33.3. The van der Waals surface area contributed by atoms with E-state index in [0.29, 0.717) is 0 Å². The van der Waals surface area contributed by atoms with E-state index in [2.05, 4.69) is 243 Å². The highest BCUT2D eigenvalue weighted by molar-refractivity contribution is 6.23. The van der Waals surface area contributed by atoms with Gasteiger partial charge in [0.05, 0.1) is 0 Å². The summed E-state index contributed by atoms with van der Waals surface area (Å²) in [5, 5.41) is 7.95. The molecule has 70 heavy (non-hydrogen) atoms. The zero-order valence-electron chi connectivity index (χ0n) is 44.0. The molecule has 0 saturated heterocycles. The molecule has 0 N–H and O–H groups in total. The molecule has 0 radical (unpaired) electrons. The average molecular weight is 909 g/mol. The van der Waals surface area contributed by atoms with Gasteiger partial charge in [-0.3, -0.25) is 0 Å². The fraction of sp³-hybridized carbons (Fsp3) is 0.286. The second-order valence-electron chi connectivity index (χ2n) is 25.4. The average Bonchev–Trinajstić information content (AvgIpc) is 3.83. The molecule has 0 aromatic heterocycles. The highest BCUT2D eigenvalue weighted by Gasteiger charge is 2.50. The summed E-state index contributed by atoms with van der Waals surface area (Å²) in [6, 6.07) is 47.4. The molecule has 4 aliphatic carbocycles. The highest BCUT2D eigenvalue weighted by atomic mass is 14.5. The Morgan fingerprint density at radius 3 is 1.06 bits per heavy atom. The minimum absolute atomic E-state index is 0.0355. The molecule has 348 valence electrons. The number of rotatable bonds is 3. The molecule has 2 atom stereocenters. The quantitative estimate of drug-likeness (QED) is 0.155. The molecule has 0 nitrogen and oxygen atoms in total. The Bertz CT molecular complexity index is 3670. The molecular formula is C70H68. The van der Waals surface area contributed by atoms with Gasteiger partial charge in [-0.25, -0.2) is 0 Å². The van der Waals surface area contributed by atoms with E-state index in [9.17, 15) is 0 Å². The second-order valence-corrected chi connectivity index (χ2v) is 25.4. The molecule has 0 heteroatoms. The van der Waals surface area contributed by atoms with Crippen LogP contribution in [0.5, 0.6) is 0 Å². The standard InChI is InChI=1S/C70H68/c1-39-51-25-24-44(41-20-16-15-17-21-41)34-56(51)40(2)60-53-27-29-55-64-54(28-26-52(59(39)60)63(53)64)65-61(45-30-47(67(3,4)5)37-48(31-45)68(6,7)8)57-35-42-22-18-19-23-43(42)36-58(57)62(66(55)65)46-32-49(69(9,10)11)38-50(33-46)70(12,13)14/h15-38,63-64H,1-14H3. The van der Waals surface area contributed by atoms with Crippen LogP contribution in [0.15, 0.2) is 146 Å². The van der Waals surface area contributed by atoms with Crippen molar-refractivity contribution in [3.8, 4) is 33.4 Å². The molecular weight excluding hydrogens is 841 g/mol. The zero-order valence-corrected chi connectivity index (χ0v) is 44.0. The third kappa shape index (κ3) is 6.69. The van der Waals surface area contributed by atoms with Gasteiger partial charge < -0.3 is 0 Å². The molecule has 0 fully saturated rings. The van der Waals surface area contributed by atoms with E-state index in [1.165, 1.54) is 144 Å². The lowest BCUT2D eigenvalue weighted by Crippen LogP contribution is -2.18. The normalized spacial score (nSPS) is 17.3. The molecule has 8 aromatic carbocycles. The number of hydrogen-bond acceptors (Lipinski definition) is 0. The van der Waals surface area contributed by atoms with Gasteiger partial charge in [-0.15, -0.1) is 0 Å². The third-order valence-electron chi connectivity index (χ3n) is 16.7. The first kappa shape index (κ1) is 44.7. The van der Waals surface area contributed by atoms with Gasteiger partial charge in [-0.1, -0.05) is 211 Å². The summed E-state index contributed by atoms with van der Waals surface area (Å²) in [6.07, 6.45) is 10.2. The Balaban J connectivity index is 1.23. The Hall–Kier alpha value is -6.50. The SMILES string of the molecule is Cc1c2c(c(C)c3cc(-c4ccccc4)ccc13)C1=CC=C3c4c(c(-c5cc(C(C)(C)C)cc(C(C)(C)C)c5)c5cc6ccccc6cc5c4-c4cc(C(C)(C)C)cc(C(C)(C)C)c4)C4=CC=C2C1C43. The Kier molecular flexibility index (Phi) is 9.58. The van der Waals surface area contributed by atoms with Crippen molar-refractivity contribution in [1.82, 2.24) is 0 Å². The van der Waals surface area contributed by atoms with E-state index in [4.69, 9.17) is 0 Å². The minimum atomic E-state index is -0.0355. The summed E-state index contributed by atoms with van der Waals surface area (Å²) in [4.78, 5) is 0. The Morgan fingerprint density at radius 1 is 0.286 bits per heavy atom. The maximum atomic E-state index is 2.57. The monoisotopic (exact) mass is 909 g/mol. The maximum Gasteiger partial charge on any atom is 0.0212 e. The number of benzene rings is 8. The number of allylic oxidation sites excluding steroid dienone is 8. The topological polar surface area (TPSA) is 0 Å². The van der Waals surface area contributed by atoms with E-state index >= 15 is 0 Å². The third-order valence-corrected chi connectivity index (χ3v) is 16.7. The fourth-order valence-electron chi connectivity index (χ4n) is 12.8. The molecule has 4 aliphatic rings. The summed E-state index contributed by atoms with van der Waals surface area (Å²) < 4.78 is 0. The summed E-state index contributed by atoms with van der Waals surface area (Å²) >= 11 is 0. The first-order valence-electron chi connectivity index (χ1n) is 25.9. The van der Waals surface area contributed by atoms with Gasteiger partial charge in [0.2, 0.25) is 0 Å². The predicted octanol–water partition coefficient (Wildman–Crippen LogP) is 19.5. The van der Waals surface area contributed by atoms with Crippen LogP contribution in [0.4, 0.5) is 0 Å². The van der Waals surface area contributed by atoms with Gasteiger partial charge in [-0.2, -0.15) is 0 Å². The molecule has 2 unspecified atom stereocenters. The zero-order chi connectivity index (χ0) is 49.1. The summed E-state index contributed by atoms with van der Waals surface area (Å²) in [5.41, 5.74) is 27.7. The van der Waals surface area contributed by atoms with Crippen LogP contribution in [0.25, 0.3) is 88.0 Å². The van der Waals surface area contributed by atoms with Gasteiger partial charge in [-0.05, 0) is 197 Å². The van der Waals surface area contributed by atoms with Crippen molar-refractivity contribution in [3.05, 3.63) is 201 Å². The van der Waals surface area contributed by atoms with Crippen LogP contribution in [-0.4, -0.2) is 0 Å². The lowest BCUT2D eigenvalue weighted by atomic mass is 9.71. The van der Waals surface area contributed by atoms with E-state index in [-0.39, 0.29) is 33.5 Å². The van der Waals surface area contributed by atoms with Gasteiger partial charge in [0.1, 0.15) is 0 Å². The summed E-state index contributed by atoms with van der Waals surface area (Å²) in [7, 11) is 0. The van der Waals surface area contributed by atoms with Gasteiger partial charge in [0.25, 0.3) is 0 Å². The highest BCUT2D eigenvalue weighted by Crippen LogP contribution is 2.67. The van der Waals surface area contributed by atoms with Gasteiger partial charge >= 0.3 is 0 Å². The molecule has 0 amide bonds. The molecule has 0 saturated carbocycles. The molecule has 12 rings (SSSR count). The fourth-order valence-corrected chi connectivity index (χ4v) is 12.8.